The third kappa shape index (κ3) is 6.79. The van der Waals surface area contributed by atoms with Crippen LogP contribution >= 0.6 is 0 Å². The van der Waals surface area contributed by atoms with E-state index >= 15 is 0 Å². The van der Waals surface area contributed by atoms with Gasteiger partial charge in [0.25, 0.3) is 11.6 Å². The van der Waals surface area contributed by atoms with Crippen LogP contribution in [-0.4, -0.2) is 31.4 Å². The number of sulfone groups is 1. The van der Waals surface area contributed by atoms with Gasteiger partial charge < -0.3 is 15.4 Å². The van der Waals surface area contributed by atoms with Crippen LogP contribution < -0.4 is 15.4 Å². The molecule has 0 atom stereocenters. The predicted molar refractivity (Wildman–Crippen MR) is 131 cm³/mol. The van der Waals surface area contributed by atoms with Crippen molar-refractivity contribution in [1.82, 2.24) is 0 Å². The summed E-state index contributed by atoms with van der Waals surface area (Å²) in [7, 11) is -3.28. The van der Waals surface area contributed by atoms with Gasteiger partial charge in [0.15, 0.2) is 9.84 Å². The number of nitro groups is 1. The first-order valence-electron chi connectivity index (χ1n) is 10.3. The quantitative estimate of drug-likeness (QED) is 0.340. The zero-order chi connectivity index (χ0) is 24.9. The zero-order valence-corrected chi connectivity index (χ0v) is 19.8. The number of hydrogen-bond acceptors (Lipinski definition) is 7. The fourth-order valence-electron chi connectivity index (χ4n) is 3.12. The highest BCUT2D eigenvalue weighted by Gasteiger charge is 2.13. The first-order chi connectivity index (χ1) is 16.0. The lowest BCUT2D eigenvalue weighted by molar-refractivity contribution is -0.384. The summed E-state index contributed by atoms with van der Waals surface area (Å²) < 4.78 is 29.2. The molecule has 0 saturated carbocycles. The molecule has 3 rings (SSSR count). The number of nitrogens with one attached hydrogen (secondary N) is 2. The lowest BCUT2D eigenvalue weighted by Gasteiger charge is -2.16. The van der Waals surface area contributed by atoms with Crippen LogP contribution in [0.5, 0.6) is 5.75 Å². The highest BCUT2D eigenvalue weighted by molar-refractivity contribution is 7.90. The first-order valence-corrected chi connectivity index (χ1v) is 12.4. The summed E-state index contributed by atoms with van der Waals surface area (Å²) in [5, 5.41) is 16.4. The molecule has 10 heteroatoms. The van der Waals surface area contributed by atoms with Crippen LogP contribution in [0.2, 0.25) is 0 Å². The van der Waals surface area contributed by atoms with Gasteiger partial charge in [0, 0.05) is 35.7 Å². The normalized spacial score (nSPS) is 11.0. The van der Waals surface area contributed by atoms with Gasteiger partial charge in [-0.05, 0) is 49.2 Å². The maximum Gasteiger partial charge on any atom is 0.269 e. The van der Waals surface area contributed by atoms with Crippen LogP contribution in [0, 0.1) is 24.0 Å². The van der Waals surface area contributed by atoms with E-state index in [2.05, 4.69) is 10.6 Å². The minimum atomic E-state index is -3.28. The van der Waals surface area contributed by atoms with Crippen molar-refractivity contribution < 1.29 is 22.9 Å². The maximum absolute atomic E-state index is 12.6. The summed E-state index contributed by atoms with van der Waals surface area (Å²) in [6.45, 7) is 4.21. The van der Waals surface area contributed by atoms with E-state index in [0.29, 0.717) is 17.1 Å². The molecule has 1 amide bonds. The van der Waals surface area contributed by atoms with E-state index in [0.717, 1.165) is 22.9 Å². The van der Waals surface area contributed by atoms with Crippen LogP contribution in [0.15, 0.2) is 60.7 Å². The molecule has 0 aliphatic heterocycles. The van der Waals surface area contributed by atoms with Gasteiger partial charge in [-0.2, -0.15) is 0 Å². The third-order valence-corrected chi connectivity index (χ3v) is 5.66. The molecular weight excluding hydrogens is 458 g/mol. The number of amides is 1. The molecule has 0 aromatic heterocycles. The van der Waals surface area contributed by atoms with Crippen molar-refractivity contribution in [3.8, 4) is 5.75 Å². The fourth-order valence-corrected chi connectivity index (χ4v) is 3.54. The van der Waals surface area contributed by atoms with Gasteiger partial charge in [-0.25, -0.2) is 8.42 Å². The van der Waals surface area contributed by atoms with Gasteiger partial charge in [0.05, 0.1) is 10.6 Å². The fraction of sp³-hybridized carbons (Fsp3) is 0.208. The molecule has 0 unspecified atom stereocenters. The Hall–Kier alpha value is -3.92. The number of nitro benzene ring substituents is 1. The van der Waals surface area contributed by atoms with E-state index in [1.54, 1.807) is 18.2 Å². The van der Waals surface area contributed by atoms with Crippen molar-refractivity contribution >= 4 is 32.8 Å². The average Bonchev–Trinajstić information content (AvgIpc) is 2.78. The Balaban J connectivity index is 1.83. The second-order valence-electron chi connectivity index (χ2n) is 7.93. The van der Waals surface area contributed by atoms with Crippen molar-refractivity contribution in [2.24, 2.45) is 0 Å². The van der Waals surface area contributed by atoms with E-state index in [1.807, 2.05) is 32.0 Å². The van der Waals surface area contributed by atoms with Crippen molar-refractivity contribution in [1.29, 1.82) is 0 Å². The Kier molecular flexibility index (Phi) is 7.52. The Morgan fingerprint density at radius 1 is 1.03 bits per heavy atom. The summed E-state index contributed by atoms with van der Waals surface area (Å²) in [6.07, 6.45) is 1.12. The molecular formula is C24H25N3O6S. The van der Waals surface area contributed by atoms with E-state index in [1.165, 1.54) is 24.3 Å². The largest absolute Gasteiger partial charge is 0.487 e. The van der Waals surface area contributed by atoms with E-state index in [-0.39, 0.29) is 23.7 Å². The van der Waals surface area contributed by atoms with Crippen LogP contribution in [0.3, 0.4) is 0 Å². The number of aryl methyl sites for hydroxylation is 2. The number of carbonyl (C=O) groups is 1. The average molecular weight is 484 g/mol. The Morgan fingerprint density at radius 2 is 1.74 bits per heavy atom. The van der Waals surface area contributed by atoms with Crippen molar-refractivity contribution in [3.63, 3.8) is 0 Å². The van der Waals surface area contributed by atoms with E-state index < -0.39 is 20.7 Å². The molecule has 0 radical (unpaired) electrons. The Morgan fingerprint density at radius 3 is 2.38 bits per heavy atom. The second-order valence-corrected chi connectivity index (χ2v) is 10.1. The molecule has 0 aliphatic rings. The number of rotatable bonds is 9. The minimum absolute atomic E-state index is 0.111. The van der Waals surface area contributed by atoms with Gasteiger partial charge in [-0.1, -0.05) is 23.8 Å². The molecule has 2 N–H and O–H groups in total. The van der Waals surface area contributed by atoms with Crippen molar-refractivity contribution in [2.45, 2.75) is 20.5 Å². The van der Waals surface area contributed by atoms with Crippen LogP contribution in [0.25, 0.3) is 0 Å². The van der Waals surface area contributed by atoms with Gasteiger partial charge in [0.2, 0.25) is 0 Å². The summed E-state index contributed by atoms with van der Waals surface area (Å²) in [5.74, 6) is -0.361. The topological polar surface area (TPSA) is 128 Å². The van der Waals surface area contributed by atoms with Crippen LogP contribution in [0.4, 0.5) is 17.1 Å². The Labute approximate surface area is 197 Å². The van der Waals surface area contributed by atoms with Gasteiger partial charge in [-0.15, -0.1) is 0 Å². The van der Waals surface area contributed by atoms with E-state index in [9.17, 15) is 23.3 Å². The summed E-state index contributed by atoms with van der Waals surface area (Å²) in [6, 6.07) is 16.1. The predicted octanol–water partition coefficient (Wildman–Crippen LogP) is 4.46. The lowest BCUT2D eigenvalue weighted by Crippen LogP contribution is -2.14. The van der Waals surface area contributed by atoms with E-state index in [4.69, 9.17) is 4.74 Å². The summed E-state index contributed by atoms with van der Waals surface area (Å²) in [4.78, 5) is 22.9. The number of anilines is 2. The van der Waals surface area contributed by atoms with Crippen LogP contribution in [0.1, 0.15) is 27.0 Å². The van der Waals surface area contributed by atoms with Gasteiger partial charge in [-0.3, -0.25) is 14.9 Å². The Bertz CT molecular complexity index is 1320. The molecule has 0 aliphatic carbocycles. The van der Waals surface area contributed by atoms with Gasteiger partial charge >= 0.3 is 0 Å². The van der Waals surface area contributed by atoms with Crippen molar-refractivity contribution in [2.75, 3.05) is 22.8 Å². The molecule has 3 aromatic carbocycles. The minimum Gasteiger partial charge on any atom is -0.487 e. The molecule has 0 spiro atoms. The van der Waals surface area contributed by atoms with Gasteiger partial charge in [0.1, 0.15) is 18.2 Å². The maximum atomic E-state index is 12.6. The highest BCUT2D eigenvalue weighted by Crippen LogP contribution is 2.30. The molecule has 0 bridgehead atoms. The van der Waals surface area contributed by atoms with Crippen LogP contribution in [-0.2, 0) is 16.4 Å². The lowest BCUT2D eigenvalue weighted by atomic mass is 10.1. The molecule has 0 fully saturated rings. The zero-order valence-electron chi connectivity index (χ0n) is 19.0. The standard InChI is InChI=1S/C24H25N3O6S/c1-16-4-5-17(2)19(12-16)14-33-23-13-20(8-11-22(23)25-15-34(3,31)32)26-24(28)18-6-9-21(10-7-18)27(29)30/h4-13,25H,14-15H2,1-3H3,(H,26,28). The summed E-state index contributed by atoms with van der Waals surface area (Å²) in [5.41, 5.74) is 4.15. The molecule has 9 nitrogen and oxygen atoms in total. The third-order valence-electron chi connectivity index (χ3n) is 4.99. The monoisotopic (exact) mass is 483 g/mol. The number of non-ortho nitro benzene ring substituents is 1. The molecule has 34 heavy (non-hydrogen) atoms. The highest BCUT2D eigenvalue weighted by atomic mass is 32.2. The second kappa shape index (κ2) is 10.3. The number of ether oxygens (including phenoxy) is 1. The number of benzene rings is 3. The smallest absolute Gasteiger partial charge is 0.269 e. The molecule has 178 valence electrons. The number of carbonyl (C=O) groups excluding carboxylic acids is 1. The molecule has 0 heterocycles. The summed E-state index contributed by atoms with van der Waals surface area (Å²) >= 11 is 0. The first kappa shape index (κ1) is 24.7. The number of hydrogen-bond donors (Lipinski definition) is 2. The SMILES string of the molecule is Cc1ccc(C)c(COc2cc(NC(=O)c3ccc([N+](=O)[O-])cc3)ccc2NCS(C)(=O)=O)c1. The van der Waals surface area contributed by atoms with Crippen molar-refractivity contribution in [3.05, 3.63) is 93.0 Å². The molecule has 3 aromatic rings. The molecule has 0 saturated heterocycles. The number of nitrogens with zero attached hydrogens (tertiary/aromatic N) is 1.